The molecule has 1 aromatic carbocycles. The van der Waals surface area contributed by atoms with Gasteiger partial charge in [0.25, 0.3) is 5.91 Å². The van der Waals surface area contributed by atoms with E-state index in [1.165, 1.54) is 0 Å². The molecule has 0 aliphatic rings. The van der Waals surface area contributed by atoms with Crippen molar-refractivity contribution in [1.82, 2.24) is 10.3 Å². The van der Waals surface area contributed by atoms with Crippen molar-refractivity contribution in [1.29, 1.82) is 0 Å². The molecular weight excluding hydrogens is 292 g/mol. The molecule has 0 radical (unpaired) electrons. The van der Waals surface area contributed by atoms with Gasteiger partial charge in [-0.05, 0) is 38.0 Å². The number of benzene rings is 1. The molecule has 0 aliphatic heterocycles. The Hall–Kier alpha value is -1.39. The number of nitrogens with zero attached hydrogens (tertiary/aromatic N) is 1. The minimum Gasteiger partial charge on any atom is -0.340 e. The van der Waals surface area contributed by atoms with E-state index < -0.39 is 5.54 Å². The van der Waals surface area contributed by atoms with E-state index in [9.17, 15) is 4.79 Å². The number of amides is 1. The fourth-order valence-electron chi connectivity index (χ4n) is 1.95. The lowest BCUT2D eigenvalue weighted by Crippen LogP contribution is -2.43. The zero-order valence-corrected chi connectivity index (χ0v) is 13.3. The molecule has 106 valence electrons. The Balaban J connectivity index is 2.28. The number of halogens is 1. The molecule has 1 N–H and O–H groups in total. The van der Waals surface area contributed by atoms with Crippen LogP contribution in [-0.4, -0.2) is 10.9 Å². The van der Waals surface area contributed by atoms with Crippen molar-refractivity contribution in [2.24, 2.45) is 0 Å². The molecule has 0 fully saturated rings. The van der Waals surface area contributed by atoms with Gasteiger partial charge in [-0.2, -0.15) is 0 Å². The summed E-state index contributed by atoms with van der Waals surface area (Å²) in [5.41, 5.74) is 1.05. The first-order chi connectivity index (χ1) is 9.46. The molecule has 0 bridgehead atoms. The maximum atomic E-state index is 12.5. The first-order valence-electron chi connectivity index (χ1n) is 6.45. The highest BCUT2D eigenvalue weighted by Gasteiger charge is 2.30. The van der Waals surface area contributed by atoms with E-state index in [1.807, 2.05) is 32.2 Å². The van der Waals surface area contributed by atoms with Crippen LogP contribution in [0.15, 0.2) is 29.8 Å². The van der Waals surface area contributed by atoms with E-state index in [0.717, 1.165) is 17.0 Å². The van der Waals surface area contributed by atoms with Crippen molar-refractivity contribution in [3.63, 3.8) is 0 Å². The van der Waals surface area contributed by atoms with Crippen molar-refractivity contribution in [3.8, 4) is 0 Å². The first-order valence-corrected chi connectivity index (χ1v) is 7.70. The van der Waals surface area contributed by atoms with Gasteiger partial charge in [0.1, 0.15) is 5.01 Å². The van der Waals surface area contributed by atoms with Crippen LogP contribution in [0.25, 0.3) is 0 Å². The summed E-state index contributed by atoms with van der Waals surface area (Å²) in [7, 11) is 0. The summed E-state index contributed by atoms with van der Waals surface area (Å²) in [5, 5.41) is 6.47. The lowest BCUT2D eigenvalue weighted by molar-refractivity contribution is 0.0901. The molecule has 5 heteroatoms. The van der Waals surface area contributed by atoms with Crippen LogP contribution in [0.3, 0.4) is 0 Å². The Morgan fingerprint density at radius 1 is 1.50 bits per heavy atom. The Bertz CT molecular complexity index is 612. The van der Waals surface area contributed by atoms with Gasteiger partial charge in [-0.25, -0.2) is 4.98 Å². The van der Waals surface area contributed by atoms with Gasteiger partial charge >= 0.3 is 0 Å². The zero-order chi connectivity index (χ0) is 14.8. The van der Waals surface area contributed by atoms with Crippen LogP contribution in [0.5, 0.6) is 0 Å². The number of hydrogen-bond acceptors (Lipinski definition) is 3. The molecule has 0 spiro atoms. The van der Waals surface area contributed by atoms with Gasteiger partial charge < -0.3 is 5.32 Å². The highest BCUT2D eigenvalue weighted by Crippen LogP contribution is 2.27. The number of carbonyl (C=O) groups is 1. The fourth-order valence-corrected chi connectivity index (χ4v) is 2.95. The van der Waals surface area contributed by atoms with Gasteiger partial charge in [0, 0.05) is 22.2 Å². The molecule has 1 heterocycles. The predicted molar refractivity (Wildman–Crippen MR) is 83.4 cm³/mol. The Kier molecular flexibility index (Phi) is 4.45. The summed E-state index contributed by atoms with van der Waals surface area (Å²) in [5.74, 6) is -0.121. The molecule has 20 heavy (non-hydrogen) atoms. The van der Waals surface area contributed by atoms with Crippen LogP contribution >= 0.6 is 22.9 Å². The van der Waals surface area contributed by atoms with Gasteiger partial charge in [-0.15, -0.1) is 11.3 Å². The van der Waals surface area contributed by atoms with Gasteiger partial charge in [-0.1, -0.05) is 24.6 Å². The second-order valence-electron chi connectivity index (χ2n) is 4.94. The summed E-state index contributed by atoms with van der Waals surface area (Å²) in [6.45, 7) is 5.92. The van der Waals surface area contributed by atoms with E-state index in [1.54, 1.807) is 29.7 Å². The quantitative estimate of drug-likeness (QED) is 0.921. The maximum absolute atomic E-state index is 12.5. The topological polar surface area (TPSA) is 42.0 Å². The van der Waals surface area contributed by atoms with Crippen LogP contribution in [0.1, 0.15) is 41.2 Å². The average Bonchev–Trinajstić information content (AvgIpc) is 2.96. The normalized spacial score (nSPS) is 13.8. The van der Waals surface area contributed by atoms with Gasteiger partial charge in [0.2, 0.25) is 0 Å². The van der Waals surface area contributed by atoms with Crippen LogP contribution in [0.4, 0.5) is 0 Å². The summed E-state index contributed by atoms with van der Waals surface area (Å²) in [6, 6.07) is 5.33. The van der Waals surface area contributed by atoms with E-state index in [4.69, 9.17) is 11.6 Å². The summed E-state index contributed by atoms with van der Waals surface area (Å²) >= 11 is 7.52. The van der Waals surface area contributed by atoms with Crippen molar-refractivity contribution >= 4 is 28.8 Å². The monoisotopic (exact) mass is 308 g/mol. The molecule has 0 saturated carbocycles. The van der Waals surface area contributed by atoms with E-state index in [-0.39, 0.29) is 5.91 Å². The molecule has 1 unspecified atom stereocenters. The standard InChI is InChI=1S/C15H17ClN2OS/c1-4-15(3,14-17-7-8-20-14)18-13(19)12-9-11(16)6-5-10(12)2/h5-9H,4H2,1-3H3,(H,18,19). The van der Waals surface area contributed by atoms with Crippen LogP contribution < -0.4 is 5.32 Å². The minimum absolute atomic E-state index is 0.121. The number of carbonyl (C=O) groups excluding carboxylic acids is 1. The molecular formula is C15H17ClN2OS. The molecule has 1 aromatic heterocycles. The second-order valence-corrected chi connectivity index (χ2v) is 6.27. The third-order valence-corrected chi connectivity index (χ3v) is 4.72. The zero-order valence-electron chi connectivity index (χ0n) is 11.7. The SMILES string of the molecule is CCC(C)(NC(=O)c1cc(Cl)ccc1C)c1nccs1. The van der Waals surface area contributed by atoms with E-state index in [2.05, 4.69) is 10.3 Å². The third-order valence-electron chi connectivity index (χ3n) is 3.45. The van der Waals surface area contributed by atoms with Gasteiger partial charge in [-0.3, -0.25) is 4.79 Å². The summed E-state index contributed by atoms with van der Waals surface area (Å²) in [6.07, 6.45) is 2.52. The van der Waals surface area contributed by atoms with Crippen molar-refractivity contribution in [2.45, 2.75) is 32.7 Å². The Morgan fingerprint density at radius 3 is 2.85 bits per heavy atom. The number of aromatic nitrogens is 1. The summed E-state index contributed by atoms with van der Waals surface area (Å²) < 4.78 is 0. The number of rotatable bonds is 4. The molecule has 0 saturated heterocycles. The molecule has 1 atom stereocenters. The number of aryl methyl sites for hydroxylation is 1. The van der Waals surface area contributed by atoms with Crippen molar-refractivity contribution in [2.75, 3.05) is 0 Å². The molecule has 2 rings (SSSR count). The van der Waals surface area contributed by atoms with Crippen LogP contribution in [0.2, 0.25) is 5.02 Å². The Morgan fingerprint density at radius 2 is 2.25 bits per heavy atom. The van der Waals surface area contributed by atoms with Gasteiger partial charge in [0.15, 0.2) is 0 Å². The van der Waals surface area contributed by atoms with E-state index in [0.29, 0.717) is 10.6 Å². The first kappa shape index (κ1) is 15.0. The maximum Gasteiger partial charge on any atom is 0.252 e. The summed E-state index contributed by atoms with van der Waals surface area (Å²) in [4.78, 5) is 16.8. The predicted octanol–water partition coefficient (Wildman–Crippen LogP) is 4.16. The van der Waals surface area contributed by atoms with Gasteiger partial charge in [0.05, 0.1) is 5.54 Å². The molecule has 0 aliphatic carbocycles. The van der Waals surface area contributed by atoms with Crippen LogP contribution in [-0.2, 0) is 5.54 Å². The minimum atomic E-state index is -0.458. The lowest BCUT2D eigenvalue weighted by Gasteiger charge is -2.27. The van der Waals surface area contributed by atoms with Crippen molar-refractivity contribution < 1.29 is 4.79 Å². The van der Waals surface area contributed by atoms with Crippen molar-refractivity contribution in [3.05, 3.63) is 50.9 Å². The highest BCUT2D eigenvalue weighted by molar-refractivity contribution is 7.09. The lowest BCUT2D eigenvalue weighted by atomic mass is 9.98. The van der Waals surface area contributed by atoms with E-state index >= 15 is 0 Å². The number of nitrogens with one attached hydrogen (secondary N) is 1. The third kappa shape index (κ3) is 3.02. The molecule has 1 amide bonds. The molecule has 3 nitrogen and oxygen atoms in total. The van der Waals surface area contributed by atoms with Crippen LogP contribution in [0, 0.1) is 6.92 Å². The smallest absolute Gasteiger partial charge is 0.252 e. The fraction of sp³-hybridized carbons (Fsp3) is 0.333. The Labute approximate surface area is 128 Å². The highest BCUT2D eigenvalue weighted by atomic mass is 35.5. The average molecular weight is 309 g/mol. The number of hydrogen-bond donors (Lipinski definition) is 1. The largest absolute Gasteiger partial charge is 0.340 e. The number of thiazole rings is 1. The molecule has 2 aromatic rings. The second kappa shape index (κ2) is 5.94.